The van der Waals surface area contributed by atoms with Gasteiger partial charge in [-0.25, -0.2) is 4.98 Å². The van der Waals surface area contributed by atoms with Gasteiger partial charge in [-0.2, -0.15) is 0 Å². The molecule has 0 spiro atoms. The Morgan fingerprint density at radius 3 is 2.28 bits per heavy atom. The fourth-order valence-electron chi connectivity index (χ4n) is 6.27. The summed E-state index contributed by atoms with van der Waals surface area (Å²) in [6, 6.07) is 46.3. The Kier molecular flexibility index (Phi) is 6.68. The molecule has 0 bridgehead atoms. The molecule has 0 aliphatic carbocycles. The Hall–Kier alpha value is -5.68. The number of ether oxygens (including phenoxy) is 1. The Morgan fingerprint density at radius 1 is 0.652 bits per heavy atom. The molecule has 0 amide bonds. The maximum absolute atomic E-state index is 6.67. The molecule has 7 aromatic rings. The minimum absolute atomic E-state index is 0.0386. The van der Waals surface area contributed by atoms with Gasteiger partial charge in [-0.05, 0) is 82.8 Å². The van der Waals surface area contributed by atoms with E-state index in [0.29, 0.717) is 6.67 Å². The number of aromatic nitrogens is 3. The maximum Gasteiger partial charge on any atom is 0.144 e. The van der Waals surface area contributed by atoms with Gasteiger partial charge in [0.05, 0.1) is 22.4 Å². The molecule has 3 heterocycles. The molecule has 0 atom stereocenters. The standard InChI is InChI=1S/C41H34N4O/c1-41(2,3)31-20-21-42-37(25-31)29-14-11-15-33(23-29)46-34-24-30(28-12-5-4-6-13-28)22-32(26-34)44-27-45-39-19-10-8-17-36(39)43-40(45)35-16-7-9-18-38(35)44/h4-26H,27H2,1-3H3. The second-order valence-electron chi connectivity index (χ2n) is 12.8. The van der Waals surface area contributed by atoms with Gasteiger partial charge in [-0.3, -0.25) is 4.98 Å². The summed E-state index contributed by atoms with van der Waals surface area (Å²) >= 11 is 0. The van der Waals surface area contributed by atoms with Crippen LogP contribution in [0.5, 0.6) is 11.5 Å². The highest BCUT2D eigenvalue weighted by Gasteiger charge is 2.26. The van der Waals surface area contributed by atoms with Gasteiger partial charge in [0, 0.05) is 29.1 Å². The predicted octanol–water partition coefficient (Wildman–Crippen LogP) is 10.6. The van der Waals surface area contributed by atoms with E-state index in [2.05, 4.69) is 144 Å². The van der Waals surface area contributed by atoms with Gasteiger partial charge in [0.2, 0.25) is 0 Å². The fraction of sp³-hybridized carbons (Fsp3) is 0.122. The fourth-order valence-corrected chi connectivity index (χ4v) is 6.27. The molecule has 8 rings (SSSR count). The molecule has 46 heavy (non-hydrogen) atoms. The lowest BCUT2D eigenvalue weighted by molar-refractivity contribution is 0.483. The van der Waals surface area contributed by atoms with Crippen LogP contribution in [0.25, 0.3) is 44.8 Å². The molecule has 2 aromatic heterocycles. The number of nitrogens with zero attached hydrogens (tertiary/aromatic N) is 4. The third kappa shape index (κ3) is 5.10. The van der Waals surface area contributed by atoms with Gasteiger partial charge in [0.25, 0.3) is 0 Å². The van der Waals surface area contributed by atoms with E-state index in [1.54, 1.807) is 0 Å². The summed E-state index contributed by atoms with van der Waals surface area (Å²) < 4.78 is 8.97. The third-order valence-electron chi connectivity index (χ3n) is 8.67. The van der Waals surface area contributed by atoms with Gasteiger partial charge >= 0.3 is 0 Å². The molecule has 0 fully saturated rings. The lowest BCUT2D eigenvalue weighted by atomic mass is 9.87. The normalized spacial score (nSPS) is 12.5. The van der Waals surface area contributed by atoms with Crippen molar-refractivity contribution in [3.8, 4) is 45.3 Å². The van der Waals surface area contributed by atoms with Gasteiger partial charge in [-0.1, -0.05) is 87.5 Å². The van der Waals surface area contributed by atoms with E-state index in [1.807, 2.05) is 30.5 Å². The van der Waals surface area contributed by atoms with Crippen LogP contribution in [0.15, 0.2) is 140 Å². The summed E-state index contributed by atoms with van der Waals surface area (Å²) in [4.78, 5) is 12.1. The maximum atomic E-state index is 6.67. The number of para-hydroxylation sites is 3. The van der Waals surface area contributed by atoms with E-state index in [1.165, 1.54) is 5.56 Å². The van der Waals surface area contributed by atoms with E-state index < -0.39 is 0 Å². The Bertz CT molecular complexity index is 2210. The molecule has 0 saturated carbocycles. The van der Waals surface area contributed by atoms with Crippen LogP contribution in [0.4, 0.5) is 11.4 Å². The Morgan fingerprint density at radius 2 is 1.41 bits per heavy atom. The molecule has 0 saturated heterocycles. The van der Waals surface area contributed by atoms with E-state index in [9.17, 15) is 0 Å². The third-order valence-corrected chi connectivity index (χ3v) is 8.67. The number of hydrogen-bond acceptors (Lipinski definition) is 4. The average Bonchev–Trinajstić information content (AvgIpc) is 3.47. The highest BCUT2D eigenvalue weighted by molar-refractivity contribution is 5.89. The molecule has 0 unspecified atom stereocenters. The molecule has 0 radical (unpaired) electrons. The van der Waals surface area contributed by atoms with Gasteiger partial charge in [0.1, 0.15) is 24.0 Å². The first-order valence-electron chi connectivity index (χ1n) is 15.7. The second-order valence-corrected chi connectivity index (χ2v) is 12.8. The molecule has 224 valence electrons. The minimum Gasteiger partial charge on any atom is -0.457 e. The van der Waals surface area contributed by atoms with Crippen LogP contribution in [0.2, 0.25) is 0 Å². The van der Waals surface area contributed by atoms with Crippen molar-refractivity contribution < 1.29 is 4.74 Å². The van der Waals surface area contributed by atoms with Crippen molar-refractivity contribution in [1.82, 2.24) is 14.5 Å². The van der Waals surface area contributed by atoms with E-state index in [0.717, 1.165) is 67.7 Å². The van der Waals surface area contributed by atoms with Crippen LogP contribution >= 0.6 is 0 Å². The van der Waals surface area contributed by atoms with Crippen LogP contribution in [0.1, 0.15) is 26.3 Å². The summed E-state index contributed by atoms with van der Waals surface area (Å²) in [5.41, 5.74) is 10.8. The smallest absolute Gasteiger partial charge is 0.144 e. The first-order chi connectivity index (χ1) is 22.4. The van der Waals surface area contributed by atoms with Crippen molar-refractivity contribution in [2.45, 2.75) is 32.9 Å². The molecular weight excluding hydrogens is 564 g/mol. The molecule has 0 N–H and O–H groups in total. The lowest BCUT2D eigenvalue weighted by Crippen LogP contribution is -2.26. The van der Waals surface area contributed by atoms with Crippen LogP contribution in [0.3, 0.4) is 0 Å². The lowest BCUT2D eigenvalue weighted by Gasteiger charge is -2.33. The van der Waals surface area contributed by atoms with Crippen molar-refractivity contribution in [2.75, 3.05) is 4.90 Å². The number of fused-ring (bicyclic) bond motifs is 5. The van der Waals surface area contributed by atoms with Crippen molar-refractivity contribution in [3.63, 3.8) is 0 Å². The quantitative estimate of drug-likeness (QED) is 0.198. The SMILES string of the molecule is CC(C)(C)c1ccnc(-c2cccc(Oc3cc(-c4ccccc4)cc(N4Cn5c(nc6ccccc65)-c5ccccc54)c3)c2)c1. The van der Waals surface area contributed by atoms with Gasteiger partial charge in [-0.15, -0.1) is 0 Å². The summed E-state index contributed by atoms with van der Waals surface area (Å²) in [5, 5.41) is 0. The van der Waals surface area contributed by atoms with Gasteiger partial charge < -0.3 is 14.2 Å². The van der Waals surface area contributed by atoms with Crippen LogP contribution < -0.4 is 9.64 Å². The molecule has 1 aliphatic rings. The highest BCUT2D eigenvalue weighted by atomic mass is 16.5. The van der Waals surface area contributed by atoms with Crippen LogP contribution in [-0.4, -0.2) is 14.5 Å². The van der Waals surface area contributed by atoms with Crippen LogP contribution in [0, 0.1) is 0 Å². The number of hydrogen-bond donors (Lipinski definition) is 0. The zero-order valence-electron chi connectivity index (χ0n) is 26.2. The number of imidazole rings is 1. The first kappa shape index (κ1) is 27.8. The summed E-state index contributed by atoms with van der Waals surface area (Å²) in [6.45, 7) is 7.30. The zero-order chi connectivity index (χ0) is 31.3. The summed E-state index contributed by atoms with van der Waals surface area (Å²) in [7, 11) is 0. The number of anilines is 2. The second kappa shape index (κ2) is 11.0. The Balaban J connectivity index is 1.22. The van der Waals surface area contributed by atoms with Gasteiger partial charge in [0.15, 0.2) is 0 Å². The molecule has 5 heteroatoms. The topological polar surface area (TPSA) is 43.2 Å². The summed E-state index contributed by atoms with van der Waals surface area (Å²) in [5.74, 6) is 2.52. The number of benzene rings is 5. The van der Waals surface area contributed by atoms with Crippen LogP contribution in [-0.2, 0) is 12.1 Å². The first-order valence-corrected chi connectivity index (χ1v) is 15.7. The predicted molar refractivity (Wildman–Crippen MR) is 188 cm³/mol. The molecule has 5 nitrogen and oxygen atoms in total. The van der Waals surface area contributed by atoms with Crippen molar-refractivity contribution in [1.29, 1.82) is 0 Å². The van der Waals surface area contributed by atoms with Crippen molar-refractivity contribution in [2.24, 2.45) is 0 Å². The monoisotopic (exact) mass is 598 g/mol. The zero-order valence-corrected chi connectivity index (χ0v) is 26.2. The van der Waals surface area contributed by atoms with E-state index in [4.69, 9.17) is 9.72 Å². The largest absolute Gasteiger partial charge is 0.457 e. The van der Waals surface area contributed by atoms with E-state index >= 15 is 0 Å². The van der Waals surface area contributed by atoms with Crippen molar-refractivity contribution in [3.05, 3.63) is 145 Å². The average molecular weight is 599 g/mol. The molecular formula is C41H34N4O. The number of rotatable bonds is 5. The Labute approximate surface area is 269 Å². The molecule has 1 aliphatic heterocycles. The summed E-state index contributed by atoms with van der Waals surface area (Å²) in [6.07, 6.45) is 1.89. The molecule has 5 aromatic carbocycles. The number of pyridine rings is 1. The van der Waals surface area contributed by atoms with E-state index in [-0.39, 0.29) is 5.41 Å². The highest BCUT2D eigenvalue weighted by Crippen LogP contribution is 2.43. The van der Waals surface area contributed by atoms with Crippen molar-refractivity contribution >= 4 is 22.4 Å². The minimum atomic E-state index is 0.0386.